The summed E-state index contributed by atoms with van der Waals surface area (Å²) < 4.78 is 65.6. The number of pyridine rings is 1. The van der Waals surface area contributed by atoms with Crippen LogP contribution in [0.3, 0.4) is 0 Å². The zero-order valence-electron chi connectivity index (χ0n) is 9.14. The highest BCUT2D eigenvalue weighted by molar-refractivity contribution is 6.17. The lowest BCUT2D eigenvalue weighted by molar-refractivity contribution is -0.276. The molecule has 0 radical (unpaired) electrons. The highest BCUT2D eigenvalue weighted by Gasteiger charge is 2.34. The number of hydrogen-bond acceptors (Lipinski definition) is 3. The number of hydrogen-bond donors (Lipinski definition) is 0. The normalized spacial score (nSPS) is 11.5. The summed E-state index contributed by atoms with van der Waals surface area (Å²) in [6.07, 6.45) is -7.81. The minimum atomic E-state index is -5.07. The number of rotatable bonds is 4. The van der Waals surface area contributed by atoms with E-state index in [1.165, 1.54) is 0 Å². The zero-order chi connectivity index (χ0) is 14.6. The largest absolute Gasteiger partial charge is 0.574 e. The number of alkyl halides is 6. The second kappa shape index (κ2) is 6.02. The van der Waals surface area contributed by atoms with Gasteiger partial charge in [-0.1, -0.05) is 0 Å². The molecule has 1 heterocycles. The van der Waals surface area contributed by atoms with Crippen molar-refractivity contribution in [3.05, 3.63) is 22.9 Å². The first-order valence-corrected chi connectivity index (χ1v) is 5.31. The third-order valence-corrected chi connectivity index (χ3v) is 2.37. The van der Waals surface area contributed by atoms with Gasteiger partial charge in [-0.3, -0.25) is 0 Å². The van der Waals surface area contributed by atoms with Gasteiger partial charge < -0.3 is 4.74 Å². The highest BCUT2D eigenvalue weighted by Crippen LogP contribution is 2.35. The summed E-state index contributed by atoms with van der Waals surface area (Å²) in [5.74, 6) is -1.67. The fraction of sp³-hybridized carbons (Fsp3) is 0.400. The van der Waals surface area contributed by atoms with Crippen molar-refractivity contribution in [1.82, 2.24) is 4.98 Å². The van der Waals surface area contributed by atoms with Crippen molar-refractivity contribution in [3.8, 4) is 11.9 Å². The molecule has 0 N–H and O–H groups in total. The van der Waals surface area contributed by atoms with Gasteiger partial charge in [-0.25, -0.2) is 13.8 Å². The fourth-order valence-corrected chi connectivity index (χ4v) is 1.68. The second-order valence-electron chi connectivity index (χ2n) is 3.30. The summed E-state index contributed by atoms with van der Waals surface area (Å²) in [5, 5.41) is 8.48. The smallest absolute Gasteiger partial charge is 0.388 e. The van der Waals surface area contributed by atoms with Gasteiger partial charge in [0.1, 0.15) is 0 Å². The van der Waals surface area contributed by atoms with Crippen LogP contribution < -0.4 is 4.74 Å². The molecule has 0 aliphatic heterocycles. The summed E-state index contributed by atoms with van der Waals surface area (Å²) in [6.45, 7) is 0. The van der Waals surface area contributed by atoms with Gasteiger partial charge in [-0.15, -0.1) is 24.8 Å². The molecule has 0 aliphatic rings. The second-order valence-corrected chi connectivity index (χ2v) is 3.57. The standard InChI is InChI=1S/C10H6ClF5N2O/c11-3-6-7(8(12)13)5(1-2-17)4-18-9(6)19-10(14,15)16/h4,8H,1,3H2. The van der Waals surface area contributed by atoms with Gasteiger partial charge in [0.15, 0.2) is 0 Å². The van der Waals surface area contributed by atoms with Crippen molar-refractivity contribution in [2.24, 2.45) is 0 Å². The van der Waals surface area contributed by atoms with Crippen LogP contribution in [0.15, 0.2) is 6.20 Å². The monoisotopic (exact) mass is 300 g/mol. The van der Waals surface area contributed by atoms with E-state index in [4.69, 9.17) is 16.9 Å². The van der Waals surface area contributed by atoms with E-state index in [0.29, 0.717) is 0 Å². The Morgan fingerprint density at radius 2 is 2.05 bits per heavy atom. The van der Waals surface area contributed by atoms with Crippen LogP contribution in [-0.4, -0.2) is 11.3 Å². The van der Waals surface area contributed by atoms with Crippen LogP contribution in [0.25, 0.3) is 0 Å². The number of halogens is 6. The molecule has 19 heavy (non-hydrogen) atoms. The van der Waals surface area contributed by atoms with E-state index in [1.807, 2.05) is 0 Å². The molecule has 9 heteroatoms. The summed E-state index contributed by atoms with van der Waals surface area (Å²) in [4.78, 5) is 3.29. The Balaban J connectivity index is 3.37. The minimum Gasteiger partial charge on any atom is -0.388 e. The van der Waals surface area contributed by atoms with Crippen LogP contribution in [0.1, 0.15) is 23.1 Å². The summed E-state index contributed by atoms with van der Waals surface area (Å²) >= 11 is 5.38. The molecule has 0 atom stereocenters. The van der Waals surface area contributed by atoms with Crippen LogP contribution in [-0.2, 0) is 12.3 Å². The van der Waals surface area contributed by atoms with Gasteiger partial charge in [0, 0.05) is 17.3 Å². The number of nitrogens with zero attached hydrogens (tertiary/aromatic N) is 2. The predicted octanol–water partition coefficient (Wildman–Crippen LogP) is 3.72. The molecule has 1 rings (SSSR count). The molecule has 0 unspecified atom stereocenters. The average molecular weight is 301 g/mol. The molecule has 0 bridgehead atoms. The average Bonchev–Trinajstić information content (AvgIpc) is 2.28. The molecule has 1 aromatic heterocycles. The van der Waals surface area contributed by atoms with Gasteiger partial charge in [0.05, 0.1) is 18.4 Å². The molecular weight excluding hydrogens is 295 g/mol. The van der Waals surface area contributed by atoms with Gasteiger partial charge in [-0.2, -0.15) is 5.26 Å². The van der Waals surface area contributed by atoms with Crippen molar-refractivity contribution >= 4 is 11.6 Å². The molecular formula is C10H6ClF5N2O. The molecule has 0 saturated heterocycles. The van der Waals surface area contributed by atoms with Crippen molar-refractivity contribution in [3.63, 3.8) is 0 Å². The van der Waals surface area contributed by atoms with Crippen molar-refractivity contribution in [1.29, 1.82) is 5.26 Å². The third-order valence-electron chi connectivity index (χ3n) is 2.10. The topological polar surface area (TPSA) is 45.9 Å². The van der Waals surface area contributed by atoms with Crippen molar-refractivity contribution < 1.29 is 26.7 Å². The van der Waals surface area contributed by atoms with E-state index in [-0.39, 0.29) is 5.56 Å². The van der Waals surface area contributed by atoms with E-state index in [0.717, 1.165) is 6.20 Å². The Kier molecular flexibility index (Phi) is 4.89. The van der Waals surface area contributed by atoms with E-state index < -0.39 is 42.1 Å². The predicted molar refractivity (Wildman–Crippen MR) is 54.8 cm³/mol. The minimum absolute atomic E-state index is 0.178. The highest BCUT2D eigenvalue weighted by atomic mass is 35.5. The molecule has 0 fully saturated rings. The quantitative estimate of drug-likeness (QED) is 0.629. The molecule has 0 saturated carbocycles. The molecule has 0 aromatic carbocycles. The maximum atomic E-state index is 12.9. The number of nitriles is 1. The Bertz CT molecular complexity index is 498. The van der Waals surface area contributed by atoms with E-state index in [2.05, 4.69) is 9.72 Å². The lowest BCUT2D eigenvalue weighted by atomic mass is 10.0. The molecule has 0 spiro atoms. The SMILES string of the molecule is N#CCc1cnc(OC(F)(F)F)c(CCl)c1C(F)F. The van der Waals surface area contributed by atoms with E-state index >= 15 is 0 Å². The molecule has 0 aliphatic carbocycles. The number of aromatic nitrogens is 1. The first-order chi connectivity index (χ1) is 8.80. The van der Waals surface area contributed by atoms with Gasteiger partial charge in [0.25, 0.3) is 6.43 Å². The van der Waals surface area contributed by atoms with Crippen LogP contribution in [0.4, 0.5) is 22.0 Å². The van der Waals surface area contributed by atoms with Gasteiger partial charge in [-0.05, 0) is 5.56 Å². The van der Waals surface area contributed by atoms with Crippen LogP contribution in [0.2, 0.25) is 0 Å². The first kappa shape index (κ1) is 15.4. The maximum absolute atomic E-state index is 12.9. The Morgan fingerprint density at radius 1 is 1.42 bits per heavy atom. The molecule has 0 amide bonds. The van der Waals surface area contributed by atoms with Crippen molar-refractivity contribution in [2.75, 3.05) is 0 Å². The maximum Gasteiger partial charge on any atom is 0.574 e. The Hall–Kier alpha value is -1.62. The van der Waals surface area contributed by atoms with E-state index in [1.54, 1.807) is 6.07 Å². The first-order valence-electron chi connectivity index (χ1n) is 4.77. The molecule has 104 valence electrons. The van der Waals surface area contributed by atoms with Crippen LogP contribution in [0, 0.1) is 11.3 Å². The third kappa shape index (κ3) is 3.92. The zero-order valence-corrected chi connectivity index (χ0v) is 9.90. The Labute approximate surface area is 109 Å². The summed E-state index contributed by atoms with van der Waals surface area (Å²) in [7, 11) is 0. The van der Waals surface area contributed by atoms with Crippen LogP contribution in [0.5, 0.6) is 5.88 Å². The summed E-state index contributed by atoms with van der Waals surface area (Å²) in [5.41, 5.74) is -1.49. The van der Waals surface area contributed by atoms with Crippen LogP contribution >= 0.6 is 11.6 Å². The summed E-state index contributed by atoms with van der Waals surface area (Å²) in [6, 6.07) is 1.62. The lowest BCUT2D eigenvalue weighted by Crippen LogP contribution is -2.20. The molecule has 1 aromatic rings. The van der Waals surface area contributed by atoms with Gasteiger partial charge in [0.2, 0.25) is 5.88 Å². The Morgan fingerprint density at radius 3 is 2.47 bits per heavy atom. The van der Waals surface area contributed by atoms with Gasteiger partial charge >= 0.3 is 6.36 Å². The van der Waals surface area contributed by atoms with E-state index in [9.17, 15) is 22.0 Å². The fourth-order valence-electron chi connectivity index (χ4n) is 1.42. The number of ether oxygens (including phenoxy) is 1. The van der Waals surface area contributed by atoms with Crippen molar-refractivity contribution in [2.45, 2.75) is 25.1 Å². The molecule has 3 nitrogen and oxygen atoms in total. The lowest BCUT2D eigenvalue weighted by Gasteiger charge is -2.16.